The molecule has 0 heterocycles. The third-order valence-electron chi connectivity index (χ3n) is 3.31. The highest BCUT2D eigenvalue weighted by molar-refractivity contribution is 6.35. The van der Waals surface area contributed by atoms with E-state index in [-0.39, 0.29) is 5.91 Å². The average Bonchev–Trinajstić information content (AvgIpc) is 2.59. The molecule has 0 fully saturated rings. The number of carbonyl (C=O) groups is 1. The van der Waals surface area contributed by atoms with E-state index in [1.54, 1.807) is 18.2 Å². The van der Waals surface area contributed by atoms with E-state index in [0.717, 1.165) is 17.9 Å². The Bertz CT molecular complexity index is 690. The molecule has 134 valence electrons. The molecular formula is C19H21Cl2NO3. The second-order valence-corrected chi connectivity index (χ2v) is 6.29. The summed E-state index contributed by atoms with van der Waals surface area (Å²) in [5, 5.41) is 3.87. The molecule has 0 radical (unpaired) electrons. The molecule has 0 saturated carbocycles. The molecule has 0 aliphatic carbocycles. The molecule has 0 bridgehead atoms. The van der Waals surface area contributed by atoms with Crippen LogP contribution in [0.25, 0.3) is 0 Å². The molecule has 6 heteroatoms. The molecule has 25 heavy (non-hydrogen) atoms. The normalized spacial score (nSPS) is 10.4. The van der Waals surface area contributed by atoms with Crippen LogP contribution in [-0.2, 0) is 4.79 Å². The second kappa shape index (κ2) is 10.2. The van der Waals surface area contributed by atoms with Gasteiger partial charge in [0.05, 0.1) is 18.2 Å². The van der Waals surface area contributed by atoms with Crippen LogP contribution in [0.1, 0.15) is 26.2 Å². The molecule has 0 unspecified atom stereocenters. The summed E-state index contributed by atoms with van der Waals surface area (Å²) in [6.07, 6.45) is 1.91. The zero-order valence-corrected chi connectivity index (χ0v) is 15.6. The van der Waals surface area contributed by atoms with Crippen LogP contribution in [0.5, 0.6) is 11.5 Å². The third kappa shape index (κ3) is 6.85. The number of hydrogen-bond donors (Lipinski definition) is 1. The van der Waals surface area contributed by atoms with Gasteiger partial charge in [-0.2, -0.15) is 0 Å². The van der Waals surface area contributed by atoms with Crippen molar-refractivity contribution < 1.29 is 14.3 Å². The lowest BCUT2D eigenvalue weighted by molar-refractivity contribution is -0.116. The minimum Gasteiger partial charge on any atom is -0.494 e. The monoisotopic (exact) mass is 381 g/mol. The summed E-state index contributed by atoms with van der Waals surface area (Å²) < 4.78 is 11.1. The zero-order valence-electron chi connectivity index (χ0n) is 14.1. The van der Waals surface area contributed by atoms with Gasteiger partial charge in [0.2, 0.25) is 5.91 Å². The lowest BCUT2D eigenvalue weighted by Crippen LogP contribution is -2.12. The molecule has 2 rings (SSSR count). The lowest BCUT2D eigenvalue weighted by Gasteiger charge is -2.09. The van der Waals surface area contributed by atoms with Gasteiger partial charge in [0, 0.05) is 17.1 Å². The van der Waals surface area contributed by atoms with E-state index in [0.29, 0.717) is 41.9 Å². The Morgan fingerprint density at radius 2 is 1.80 bits per heavy atom. The molecule has 0 aliphatic heterocycles. The van der Waals surface area contributed by atoms with E-state index in [2.05, 4.69) is 12.2 Å². The van der Waals surface area contributed by atoms with Gasteiger partial charge in [0.15, 0.2) is 0 Å². The molecule has 0 aromatic heterocycles. The van der Waals surface area contributed by atoms with Crippen molar-refractivity contribution in [1.82, 2.24) is 0 Å². The fourth-order valence-corrected chi connectivity index (χ4v) is 2.55. The molecule has 0 atom stereocenters. The number of nitrogens with one attached hydrogen (secondary N) is 1. The second-order valence-electron chi connectivity index (χ2n) is 5.45. The van der Waals surface area contributed by atoms with E-state index in [4.69, 9.17) is 32.7 Å². The summed E-state index contributed by atoms with van der Waals surface area (Å²) in [7, 11) is 0. The van der Waals surface area contributed by atoms with Crippen molar-refractivity contribution in [3.8, 4) is 11.5 Å². The maximum atomic E-state index is 12.0. The predicted octanol–water partition coefficient (Wildman–Crippen LogP) is 5.58. The van der Waals surface area contributed by atoms with Crippen LogP contribution in [0.15, 0.2) is 42.5 Å². The van der Waals surface area contributed by atoms with Crippen LogP contribution < -0.4 is 14.8 Å². The number of amides is 1. The van der Waals surface area contributed by atoms with Gasteiger partial charge >= 0.3 is 0 Å². The molecule has 2 aromatic carbocycles. The summed E-state index contributed by atoms with van der Waals surface area (Å²) in [6, 6.07) is 12.4. The van der Waals surface area contributed by atoms with E-state index in [1.165, 1.54) is 0 Å². The third-order valence-corrected chi connectivity index (χ3v) is 3.84. The first-order valence-electron chi connectivity index (χ1n) is 8.19. The highest BCUT2D eigenvalue weighted by atomic mass is 35.5. The van der Waals surface area contributed by atoms with Crippen LogP contribution in [-0.4, -0.2) is 19.1 Å². The number of rotatable bonds is 9. The van der Waals surface area contributed by atoms with Crippen molar-refractivity contribution >= 4 is 34.8 Å². The van der Waals surface area contributed by atoms with Crippen molar-refractivity contribution in [2.75, 3.05) is 18.5 Å². The first-order valence-corrected chi connectivity index (χ1v) is 8.94. The molecule has 2 aromatic rings. The Labute approximate surface area is 158 Å². The van der Waals surface area contributed by atoms with Crippen LogP contribution in [0.3, 0.4) is 0 Å². The lowest BCUT2D eigenvalue weighted by atomic mass is 10.2. The number of ether oxygens (including phenoxy) is 2. The van der Waals surface area contributed by atoms with Crippen molar-refractivity contribution in [3.63, 3.8) is 0 Å². The Kier molecular flexibility index (Phi) is 7.89. The van der Waals surface area contributed by atoms with Crippen molar-refractivity contribution in [1.29, 1.82) is 0 Å². The highest BCUT2D eigenvalue weighted by Crippen LogP contribution is 2.27. The van der Waals surface area contributed by atoms with Gasteiger partial charge < -0.3 is 14.8 Å². The van der Waals surface area contributed by atoms with Gasteiger partial charge in [-0.25, -0.2) is 0 Å². The van der Waals surface area contributed by atoms with E-state index >= 15 is 0 Å². The van der Waals surface area contributed by atoms with E-state index < -0.39 is 0 Å². The van der Waals surface area contributed by atoms with Crippen LogP contribution in [0.2, 0.25) is 10.0 Å². The average molecular weight is 382 g/mol. The molecule has 0 saturated heterocycles. The maximum absolute atomic E-state index is 12.0. The molecule has 0 spiro atoms. The van der Waals surface area contributed by atoms with Crippen molar-refractivity contribution in [2.24, 2.45) is 0 Å². The van der Waals surface area contributed by atoms with Crippen LogP contribution >= 0.6 is 23.2 Å². The zero-order chi connectivity index (χ0) is 18.1. The summed E-state index contributed by atoms with van der Waals surface area (Å²) in [4.78, 5) is 12.0. The Morgan fingerprint density at radius 3 is 2.48 bits per heavy atom. The molecule has 4 nitrogen and oxygen atoms in total. The van der Waals surface area contributed by atoms with Gasteiger partial charge in [-0.05, 0) is 55.3 Å². The quantitative estimate of drug-likeness (QED) is 0.576. The summed E-state index contributed by atoms with van der Waals surface area (Å²) in [5.74, 6) is 1.30. The van der Waals surface area contributed by atoms with Crippen LogP contribution in [0.4, 0.5) is 5.69 Å². The fourth-order valence-electron chi connectivity index (χ4n) is 2.09. The van der Waals surface area contributed by atoms with Gasteiger partial charge in [-0.1, -0.05) is 30.1 Å². The van der Waals surface area contributed by atoms with Crippen molar-refractivity contribution in [2.45, 2.75) is 26.2 Å². The van der Waals surface area contributed by atoms with E-state index in [9.17, 15) is 4.79 Å². The summed E-state index contributed by atoms with van der Waals surface area (Å²) >= 11 is 11.9. The number of carbonyl (C=O) groups excluding carboxylic acids is 1. The fraction of sp³-hybridized carbons (Fsp3) is 0.316. The van der Waals surface area contributed by atoms with E-state index in [1.807, 2.05) is 24.3 Å². The van der Waals surface area contributed by atoms with Crippen molar-refractivity contribution in [3.05, 3.63) is 52.5 Å². The topological polar surface area (TPSA) is 47.6 Å². The Hall–Kier alpha value is -1.91. The van der Waals surface area contributed by atoms with Gasteiger partial charge in [0.1, 0.15) is 11.5 Å². The molecule has 1 N–H and O–H groups in total. The largest absolute Gasteiger partial charge is 0.494 e. The number of halogens is 2. The summed E-state index contributed by atoms with van der Waals surface area (Å²) in [6.45, 7) is 3.14. The summed E-state index contributed by atoms with van der Waals surface area (Å²) in [5.41, 5.74) is 0.746. The number of benzene rings is 2. The van der Waals surface area contributed by atoms with Gasteiger partial charge in [-0.15, -0.1) is 0 Å². The smallest absolute Gasteiger partial charge is 0.224 e. The molecule has 1 amide bonds. The predicted molar refractivity (Wildman–Crippen MR) is 102 cm³/mol. The van der Waals surface area contributed by atoms with Crippen LogP contribution in [0, 0.1) is 0 Å². The number of anilines is 1. The highest BCUT2D eigenvalue weighted by Gasteiger charge is 2.05. The standard InChI is InChI=1S/C19H21Cl2NO3/c1-2-11-24-16-8-6-15(7-9-16)22-19(23)4-3-12-25-18-10-5-14(20)13-17(18)21/h5-10,13H,2-4,11-12H2,1H3,(H,22,23). The first-order chi connectivity index (χ1) is 12.1. The van der Waals surface area contributed by atoms with Gasteiger partial charge in [-0.3, -0.25) is 4.79 Å². The Balaban J connectivity index is 1.70. The SMILES string of the molecule is CCCOc1ccc(NC(=O)CCCOc2ccc(Cl)cc2Cl)cc1. The Morgan fingerprint density at radius 1 is 1.04 bits per heavy atom. The first kappa shape index (κ1) is 19.4. The molecule has 0 aliphatic rings. The maximum Gasteiger partial charge on any atom is 0.224 e. The molecular weight excluding hydrogens is 361 g/mol. The number of hydrogen-bond acceptors (Lipinski definition) is 3. The minimum atomic E-state index is -0.0620. The van der Waals surface area contributed by atoms with Gasteiger partial charge in [0.25, 0.3) is 0 Å². The minimum absolute atomic E-state index is 0.0620.